The minimum Gasteiger partial charge on any atom is -0.465 e. The zero-order valence-electron chi connectivity index (χ0n) is 13.7. The quantitative estimate of drug-likeness (QED) is 0.609. The predicted molar refractivity (Wildman–Crippen MR) is 95.9 cm³/mol. The van der Waals surface area contributed by atoms with Gasteiger partial charge in [-0.2, -0.15) is 11.8 Å². The molecule has 1 fully saturated rings. The minimum atomic E-state index is -0.195. The standard InChI is InChI=1S/C12H16ClN.C5H10O2S/c1-14-8-6-11(7-9-14)10-2-4-12(13)5-3-10;1-5(6)7-3-4-8-2/h2-5,11H,6-9H2,1H3;3-4H2,1-2H3. The van der Waals surface area contributed by atoms with Crippen molar-refractivity contribution in [3.8, 4) is 0 Å². The summed E-state index contributed by atoms with van der Waals surface area (Å²) in [5, 5.41) is 0.835. The van der Waals surface area contributed by atoms with Crippen LogP contribution in [0, 0.1) is 0 Å². The Labute approximate surface area is 143 Å². The fourth-order valence-electron chi connectivity index (χ4n) is 2.35. The van der Waals surface area contributed by atoms with Gasteiger partial charge in [0.05, 0.1) is 0 Å². The molecule has 0 radical (unpaired) electrons. The van der Waals surface area contributed by atoms with E-state index in [0.29, 0.717) is 6.61 Å². The van der Waals surface area contributed by atoms with Gasteiger partial charge in [0.15, 0.2) is 0 Å². The second-order valence-corrected chi connectivity index (χ2v) is 6.88. The number of likely N-dealkylation sites (tertiary alicyclic amines) is 1. The molecule has 0 amide bonds. The Morgan fingerprint density at radius 1 is 1.32 bits per heavy atom. The molecular weight excluding hydrogens is 318 g/mol. The molecule has 0 unspecified atom stereocenters. The third kappa shape index (κ3) is 8.06. The molecule has 0 N–H and O–H groups in total. The Hall–Kier alpha value is -0.710. The fourth-order valence-corrected chi connectivity index (χ4v) is 2.72. The number of hydrogen-bond donors (Lipinski definition) is 0. The number of rotatable bonds is 4. The largest absolute Gasteiger partial charge is 0.465 e. The summed E-state index contributed by atoms with van der Waals surface area (Å²) in [6.07, 6.45) is 4.53. The van der Waals surface area contributed by atoms with Crippen LogP contribution in [0.5, 0.6) is 0 Å². The van der Waals surface area contributed by atoms with E-state index in [0.717, 1.165) is 16.7 Å². The smallest absolute Gasteiger partial charge is 0.302 e. The first-order valence-corrected chi connectivity index (χ1v) is 9.36. The van der Waals surface area contributed by atoms with Gasteiger partial charge in [-0.05, 0) is 62.8 Å². The van der Waals surface area contributed by atoms with Gasteiger partial charge in [-0.1, -0.05) is 23.7 Å². The van der Waals surface area contributed by atoms with E-state index in [4.69, 9.17) is 11.6 Å². The lowest BCUT2D eigenvalue weighted by Crippen LogP contribution is -2.29. The minimum absolute atomic E-state index is 0.195. The summed E-state index contributed by atoms with van der Waals surface area (Å²) in [5.74, 6) is 1.43. The lowest BCUT2D eigenvalue weighted by molar-refractivity contribution is -0.140. The molecule has 0 saturated carbocycles. The van der Waals surface area contributed by atoms with E-state index in [2.05, 4.69) is 28.8 Å². The van der Waals surface area contributed by atoms with Gasteiger partial charge in [-0.25, -0.2) is 0 Å². The highest BCUT2D eigenvalue weighted by atomic mass is 35.5. The first-order chi connectivity index (χ1) is 10.5. The molecule has 0 atom stereocenters. The first-order valence-electron chi connectivity index (χ1n) is 7.59. The molecule has 1 aromatic rings. The van der Waals surface area contributed by atoms with Crippen molar-refractivity contribution in [3.63, 3.8) is 0 Å². The summed E-state index contributed by atoms with van der Waals surface area (Å²) >= 11 is 7.53. The average Bonchev–Trinajstić information content (AvgIpc) is 2.50. The third-order valence-corrected chi connectivity index (χ3v) is 4.48. The van der Waals surface area contributed by atoms with Crippen LogP contribution in [-0.2, 0) is 9.53 Å². The van der Waals surface area contributed by atoms with Crippen molar-refractivity contribution < 1.29 is 9.53 Å². The Balaban J connectivity index is 0.000000261. The summed E-state index contributed by atoms with van der Waals surface area (Å²) < 4.78 is 4.62. The van der Waals surface area contributed by atoms with E-state index >= 15 is 0 Å². The number of thioether (sulfide) groups is 1. The summed E-state index contributed by atoms with van der Waals surface area (Å²) in [6, 6.07) is 8.32. The third-order valence-electron chi connectivity index (χ3n) is 3.65. The van der Waals surface area contributed by atoms with Crippen LogP contribution in [0.4, 0.5) is 0 Å². The Morgan fingerprint density at radius 3 is 2.41 bits per heavy atom. The van der Waals surface area contributed by atoms with Crippen molar-refractivity contribution in [2.75, 3.05) is 38.8 Å². The van der Waals surface area contributed by atoms with Crippen molar-refractivity contribution in [1.29, 1.82) is 0 Å². The molecule has 0 aliphatic carbocycles. The first kappa shape index (κ1) is 19.3. The van der Waals surface area contributed by atoms with E-state index in [9.17, 15) is 4.79 Å². The number of halogens is 1. The topological polar surface area (TPSA) is 29.5 Å². The Kier molecular flexibility index (Phi) is 9.60. The lowest BCUT2D eigenvalue weighted by Gasteiger charge is -2.29. The van der Waals surface area contributed by atoms with E-state index < -0.39 is 0 Å². The van der Waals surface area contributed by atoms with Gasteiger partial charge in [0, 0.05) is 17.7 Å². The number of ether oxygens (including phenoxy) is 1. The summed E-state index contributed by atoms with van der Waals surface area (Å²) in [5.41, 5.74) is 1.45. The average molecular weight is 344 g/mol. The van der Waals surface area contributed by atoms with Crippen LogP contribution in [-0.4, -0.2) is 49.6 Å². The highest BCUT2D eigenvalue weighted by Gasteiger charge is 2.17. The second kappa shape index (κ2) is 10.9. The van der Waals surface area contributed by atoms with E-state index in [1.54, 1.807) is 11.8 Å². The lowest BCUT2D eigenvalue weighted by atomic mass is 9.90. The zero-order chi connectivity index (χ0) is 16.4. The van der Waals surface area contributed by atoms with Gasteiger partial charge >= 0.3 is 5.97 Å². The number of esters is 1. The van der Waals surface area contributed by atoms with Gasteiger partial charge < -0.3 is 9.64 Å². The molecular formula is C17H26ClNO2S. The SMILES string of the molecule is CN1CCC(c2ccc(Cl)cc2)CC1.CSCCOC(C)=O. The van der Waals surface area contributed by atoms with Crippen molar-refractivity contribution in [1.82, 2.24) is 4.90 Å². The number of benzene rings is 1. The molecule has 0 bridgehead atoms. The van der Waals surface area contributed by atoms with Gasteiger partial charge in [0.2, 0.25) is 0 Å². The fraction of sp³-hybridized carbons (Fsp3) is 0.588. The molecule has 1 aliphatic heterocycles. The molecule has 1 aliphatic rings. The predicted octanol–water partition coefficient (Wildman–Crippen LogP) is 4.06. The van der Waals surface area contributed by atoms with Crippen LogP contribution in [0.25, 0.3) is 0 Å². The molecule has 5 heteroatoms. The van der Waals surface area contributed by atoms with Crippen molar-refractivity contribution in [2.24, 2.45) is 0 Å². The highest BCUT2D eigenvalue weighted by Crippen LogP contribution is 2.28. The highest BCUT2D eigenvalue weighted by molar-refractivity contribution is 7.98. The normalized spacial score (nSPS) is 15.8. The van der Waals surface area contributed by atoms with E-state index in [1.165, 1.54) is 38.4 Å². The van der Waals surface area contributed by atoms with Gasteiger partial charge in [0.1, 0.15) is 6.61 Å². The van der Waals surface area contributed by atoms with Crippen LogP contribution in [0.3, 0.4) is 0 Å². The van der Waals surface area contributed by atoms with E-state index in [-0.39, 0.29) is 5.97 Å². The van der Waals surface area contributed by atoms with Crippen LogP contribution in [0.1, 0.15) is 31.2 Å². The maximum atomic E-state index is 10.1. The number of carbonyl (C=O) groups is 1. The van der Waals surface area contributed by atoms with Crippen molar-refractivity contribution in [3.05, 3.63) is 34.9 Å². The summed E-state index contributed by atoms with van der Waals surface area (Å²) in [4.78, 5) is 12.5. The van der Waals surface area contributed by atoms with Crippen LogP contribution < -0.4 is 0 Å². The molecule has 1 saturated heterocycles. The summed E-state index contributed by atoms with van der Waals surface area (Å²) in [7, 11) is 2.19. The molecule has 0 aromatic heterocycles. The maximum absolute atomic E-state index is 10.1. The number of hydrogen-bond acceptors (Lipinski definition) is 4. The molecule has 0 spiro atoms. The van der Waals surface area contributed by atoms with Crippen molar-refractivity contribution >= 4 is 29.3 Å². The van der Waals surface area contributed by atoms with Crippen LogP contribution >= 0.6 is 23.4 Å². The van der Waals surface area contributed by atoms with Crippen LogP contribution in [0.15, 0.2) is 24.3 Å². The van der Waals surface area contributed by atoms with Crippen LogP contribution in [0.2, 0.25) is 5.02 Å². The monoisotopic (exact) mass is 343 g/mol. The van der Waals surface area contributed by atoms with E-state index in [1.807, 2.05) is 18.4 Å². The van der Waals surface area contributed by atoms with Crippen molar-refractivity contribution in [2.45, 2.75) is 25.7 Å². The van der Waals surface area contributed by atoms with Gasteiger partial charge in [0.25, 0.3) is 0 Å². The van der Waals surface area contributed by atoms with Gasteiger partial charge in [-0.15, -0.1) is 0 Å². The summed E-state index contributed by atoms with van der Waals surface area (Å²) in [6.45, 7) is 4.39. The number of carbonyl (C=O) groups excluding carboxylic acids is 1. The second-order valence-electron chi connectivity index (χ2n) is 5.46. The number of nitrogens with zero attached hydrogens (tertiary/aromatic N) is 1. The molecule has 22 heavy (non-hydrogen) atoms. The van der Waals surface area contributed by atoms with Gasteiger partial charge in [-0.3, -0.25) is 4.79 Å². The molecule has 1 aromatic carbocycles. The molecule has 3 nitrogen and oxygen atoms in total. The molecule has 124 valence electrons. The molecule has 2 rings (SSSR count). The Bertz CT molecular complexity index is 431. The maximum Gasteiger partial charge on any atom is 0.302 e. The molecule has 1 heterocycles. The number of piperidine rings is 1. The zero-order valence-corrected chi connectivity index (χ0v) is 15.3. The Morgan fingerprint density at radius 2 is 1.91 bits per heavy atom.